The maximum Gasteiger partial charge on any atom is 0.298 e. The van der Waals surface area contributed by atoms with Gasteiger partial charge in [0.1, 0.15) is 5.58 Å². The van der Waals surface area contributed by atoms with E-state index in [4.69, 9.17) is 4.42 Å². The molecule has 0 bridgehead atoms. The number of hydrogen-bond acceptors (Lipinski definition) is 3. The van der Waals surface area contributed by atoms with Gasteiger partial charge in [-0.2, -0.15) is 12.3 Å². The fourth-order valence-corrected chi connectivity index (χ4v) is 4.34. The molecule has 26 heavy (non-hydrogen) atoms. The molecule has 3 rings (SSSR count). The Morgan fingerprint density at radius 1 is 1.04 bits per heavy atom. The number of rotatable bonds is 7. The van der Waals surface area contributed by atoms with Crippen LogP contribution in [-0.4, -0.2) is 28.3 Å². The van der Waals surface area contributed by atoms with Crippen molar-refractivity contribution in [2.24, 2.45) is 0 Å². The third-order valence-electron chi connectivity index (χ3n) is 5.09. The first-order valence-corrected chi connectivity index (χ1v) is 10.8. The number of quaternary nitrogens is 1. The van der Waals surface area contributed by atoms with E-state index >= 15 is 0 Å². The number of sulfonamides is 1. The van der Waals surface area contributed by atoms with Crippen LogP contribution in [0.1, 0.15) is 26.2 Å². The van der Waals surface area contributed by atoms with Crippen molar-refractivity contribution in [1.29, 1.82) is 0 Å². The van der Waals surface area contributed by atoms with Gasteiger partial charge >= 0.3 is 0 Å². The summed E-state index contributed by atoms with van der Waals surface area (Å²) < 4.78 is 31.1. The van der Waals surface area contributed by atoms with E-state index in [-0.39, 0.29) is 3.89 Å². The van der Waals surface area contributed by atoms with E-state index in [0.717, 1.165) is 41.5 Å². The Bertz CT molecular complexity index is 993. The minimum Gasteiger partial charge on any atom is -0.464 e. The lowest BCUT2D eigenvalue weighted by molar-refractivity contribution is 0.450. The van der Waals surface area contributed by atoms with Crippen LogP contribution >= 0.6 is 0 Å². The van der Waals surface area contributed by atoms with Gasteiger partial charge in [0.2, 0.25) is 0 Å². The first-order valence-electron chi connectivity index (χ1n) is 9.00. The van der Waals surface area contributed by atoms with Gasteiger partial charge in [0.25, 0.3) is 10.0 Å². The van der Waals surface area contributed by atoms with Crippen LogP contribution in [0.4, 0.5) is 5.69 Å². The van der Waals surface area contributed by atoms with Gasteiger partial charge in [0.15, 0.2) is 5.69 Å². The molecular formula is C21H26NO3S+. The van der Waals surface area contributed by atoms with Gasteiger partial charge in [0.05, 0.1) is 26.1 Å². The number of hydrogen-bond donors (Lipinski definition) is 0. The van der Waals surface area contributed by atoms with Crippen molar-refractivity contribution in [1.82, 2.24) is 3.89 Å². The van der Waals surface area contributed by atoms with E-state index in [0.29, 0.717) is 12.1 Å². The second kappa shape index (κ2) is 7.25. The molecule has 0 N–H and O–H groups in total. The molecule has 0 fully saturated rings. The summed E-state index contributed by atoms with van der Waals surface area (Å²) >= 11 is 0. The van der Waals surface area contributed by atoms with Gasteiger partial charge in [-0.3, -0.25) is 0 Å². The van der Waals surface area contributed by atoms with Crippen LogP contribution in [0.2, 0.25) is 0 Å². The molecule has 1 unspecified atom stereocenters. The summed E-state index contributed by atoms with van der Waals surface area (Å²) in [5.74, 6) is 0. The largest absolute Gasteiger partial charge is 0.464 e. The zero-order chi connectivity index (χ0) is 18.8. The van der Waals surface area contributed by atoms with Gasteiger partial charge < -0.3 is 4.42 Å². The molecule has 0 saturated heterocycles. The first kappa shape index (κ1) is 18.7. The summed E-state index contributed by atoms with van der Waals surface area (Å²) in [4.78, 5) is 0. The lowest BCUT2D eigenvalue weighted by atomic mass is 10.0. The van der Waals surface area contributed by atoms with Crippen LogP contribution < -0.4 is 3.89 Å². The van der Waals surface area contributed by atoms with Gasteiger partial charge in [-0.25, -0.2) is 0 Å². The van der Waals surface area contributed by atoms with Crippen molar-refractivity contribution in [3.8, 4) is 11.1 Å². The summed E-state index contributed by atoms with van der Waals surface area (Å²) in [6.07, 6.45) is 5.87. The first-order chi connectivity index (χ1) is 12.4. The van der Waals surface area contributed by atoms with Crippen molar-refractivity contribution in [2.45, 2.75) is 26.2 Å². The van der Waals surface area contributed by atoms with Gasteiger partial charge in [0, 0.05) is 17.0 Å². The standard InChI is InChI=1S/C21H26NO3S/c1-4-5-9-13-22(2,26(3,23)24)20-16-21-18(12-14-25-21)15-19(20)17-10-7-6-8-11-17/h6-8,10-12,14-16H,4-5,9,13H2,1-3H3/q+1. The molecule has 1 atom stereocenters. The van der Waals surface area contributed by atoms with Crippen LogP contribution in [0.3, 0.4) is 0 Å². The van der Waals surface area contributed by atoms with Crippen molar-refractivity contribution in [2.75, 3.05) is 19.8 Å². The van der Waals surface area contributed by atoms with Crippen LogP contribution in [-0.2, 0) is 10.0 Å². The van der Waals surface area contributed by atoms with Gasteiger partial charge in [-0.15, -0.1) is 0 Å². The van der Waals surface area contributed by atoms with Crippen LogP contribution in [0.15, 0.2) is 59.2 Å². The number of unbranched alkanes of at least 4 members (excludes halogenated alkanes) is 2. The minimum absolute atomic E-state index is 0.131. The topological polar surface area (TPSA) is 47.3 Å². The molecule has 0 spiro atoms. The summed E-state index contributed by atoms with van der Waals surface area (Å²) in [5, 5.41) is 0.973. The molecule has 3 aromatic rings. The Hall–Kier alpha value is -2.11. The molecule has 0 saturated carbocycles. The lowest BCUT2D eigenvalue weighted by Gasteiger charge is -2.32. The molecule has 0 amide bonds. The van der Waals surface area contributed by atoms with Crippen molar-refractivity contribution in [3.05, 3.63) is 54.8 Å². The van der Waals surface area contributed by atoms with E-state index in [2.05, 4.69) is 6.92 Å². The molecule has 1 aromatic heterocycles. The summed E-state index contributed by atoms with van der Waals surface area (Å²) in [6.45, 7) is 2.66. The minimum atomic E-state index is -3.38. The summed E-state index contributed by atoms with van der Waals surface area (Å²) in [6, 6.07) is 15.8. The maximum absolute atomic E-state index is 12.8. The molecule has 2 aromatic carbocycles. The number of benzene rings is 2. The summed E-state index contributed by atoms with van der Waals surface area (Å²) in [7, 11) is -1.59. The SMILES string of the molecule is CCCCC[N+](C)(c1cc2occc2cc1-c1ccccc1)S(C)(=O)=O. The van der Waals surface area contributed by atoms with E-state index in [1.165, 1.54) is 6.26 Å². The van der Waals surface area contributed by atoms with Crippen molar-refractivity contribution >= 4 is 26.7 Å². The third-order valence-corrected chi connectivity index (χ3v) is 6.93. The molecule has 138 valence electrons. The highest BCUT2D eigenvalue weighted by Crippen LogP contribution is 2.40. The Morgan fingerprint density at radius 2 is 1.77 bits per heavy atom. The Balaban J connectivity index is 2.26. The highest BCUT2D eigenvalue weighted by atomic mass is 32.2. The van der Waals surface area contributed by atoms with E-state index in [1.807, 2.05) is 48.5 Å². The average molecular weight is 373 g/mol. The van der Waals surface area contributed by atoms with Crippen LogP contribution in [0.5, 0.6) is 0 Å². The van der Waals surface area contributed by atoms with Crippen molar-refractivity contribution < 1.29 is 12.8 Å². The van der Waals surface area contributed by atoms with E-state index in [9.17, 15) is 8.42 Å². The van der Waals surface area contributed by atoms with E-state index in [1.54, 1.807) is 13.3 Å². The van der Waals surface area contributed by atoms with Crippen LogP contribution in [0, 0.1) is 0 Å². The third kappa shape index (κ3) is 3.41. The number of fused-ring (bicyclic) bond motifs is 1. The highest BCUT2D eigenvalue weighted by Gasteiger charge is 2.38. The maximum atomic E-state index is 12.8. The fraction of sp³-hybridized carbons (Fsp3) is 0.333. The number of furan rings is 1. The second-order valence-corrected chi connectivity index (χ2v) is 9.23. The zero-order valence-corrected chi connectivity index (χ0v) is 16.4. The molecule has 0 aliphatic carbocycles. The monoisotopic (exact) mass is 372 g/mol. The van der Waals surface area contributed by atoms with Crippen molar-refractivity contribution in [3.63, 3.8) is 0 Å². The molecule has 0 radical (unpaired) electrons. The summed E-state index contributed by atoms with van der Waals surface area (Å²) in [5.41, 5.74) is 3.42. The predicted molar refractivity (Wildman–Crippen MR) is 109 cm³/mol. The molecule has 4 nitrogen and oxygen atoms in total. The second-order valence-electron chi connectivity index (χ2n) is 6.96. The van der Waals surface area contributed by atoms with Crippen LogP contribution in [0.25, 0.3) is 22.1 Å². The number of nitrogens with zero attached hydrogens (tertiary/aromatic N) is 1. The predicted octanol–water partition coefficient (Wildman–Crippen LogP) is 5.19. The Kier molecular flexibility index (Phi) is 5.21. The average Bonchev–Trinajstić information content (AvgIpc) is 3.08. The van der Waals surface area contributed by atoms with E-state index < -0.39 is 10.0 Å². The molecule has 0 aliphatic heterocycles. The zero-order valence-electron chi connectivity index (χ0n) is 15.6. The Morgan fingerprint density at radius 3 is 2.42 bits per heavy atom. The molecular weight excluding hydrogens is 346 g/mol. The molecule has 1 heterocycles. The van der Waals surface area contributed by atoms with Gasteiger partial charge in [-0.1, -0.05) is 43.7 Å². The molecule has 0 aliphatic rings. The normalized spacial score (nSPS) is 14.4. The highest BCUT2D eigenvalue weighted by molar-refractivity contribution is 7.90. The fourth-order valence-electron chi connectivity index (χ4n) is 3.37. The lowest BCUT2D eigenvalue weighted by Crippen LogP contribution is -2.50. The smallest absolute Gasteiger partial charge is 0.298 e. The quantitative estimate of drug-likeness (QED) is 0.424. The molecule has 5 heteroatoms. The Labute approximate surface area is 155 Å². The van der Waals surface area contributed by atoms with Gasteiger partial charge in [-0.05, 0) is 30.5 Å².